The highest BCUT2D eigenvalue weighted by atomic mass is 16.5. The van der Waals surface area contributed by atoms with Gasteiger partial charge < -0.3 is 9.47 Å². The van der Waals surface area contributed by atoms with Crippen molar-refractivity contribution >= 4 is 0 Å². The Labute approximate surface area is 126 Å². The molecule has 21 heavy (non-hydrogen) atoms. The van der Waals surface area contributed by atoms with Gasteiger partial charge in [0.1, 0.15) is 5.72 Å². The number of rotatable bonds is 3. The lowest BCUT2D eigenvalue weighted by Gasteiger charge is -2.34. The van der Waals surface area contributed by atoms with Crippen molar-refractivity contribution in [2.24, 2.45) is 0 Å². The maximum absolute atomic E-state index is 6.31. The first-order valence-corrected chi connectivity index (χ1v) is 8.05. The third kappa shape index (κ3) is 2.30. The molecule has 2 fully saturated rings. The third-order valence-electron chi connectivity index (χ3n) is 4.96. The van der Waals surface area contributed by atoms with Gasteiger partial charge in [-0.15, -0.1) is 0 Å². The molecule has 114 valence electrons. The van der Waals surface area contributed by atoms with E-state index in [1.807, 2.05) is 0 Å². The first-order valence-electron chi connectivity index (χ1n) is 8.05. The molecule has 0 spiro atoms. The Morgan fingerprint density at radius 1 is 1.33 bits per heavy atom. The highest BCUT2D eigenvalue weighted by Crippen LogP contribution is 2.46. The van der Waals surface area contributed by atoms with Gasteiger partial charge in [0.2, 0.25) is 0 Å². The Hall–Kier alpha value is -0.940. The summed E-state index contributed by atoms with van der Waals surface area (Å²) in [6.45, 7) is 6.08. The van der Waals surface area contributed by atoms with E-state index in [0.717, 1.165) is 26.0 Å². The van der Waals surface area contributed by atoms with Crippen LogP contribution in [0.2, 0.25) is 0 Å². The lowest BCUT2D eigenvalue weighted by molar-refractivity contribution is -0.0997. The van der Waals surface area contributed by atoms with Crippen LogP contribution in [0.4, 0.5) is 0 Å². The fourth-order valence-corrected chi connectivity index (χ4v) is 4.01. The molecule has 1 aromatic rings. The van der Waals surface area contributed by atoms with Crippen LogP contribution in [-0.4, -0.2) is 36.1 Å². The average molecular weight is 288 g/mol. The van der Waals surface area contributed by atoms with Gasteiger partial charge in [0.05, 0.1) is 18.2 Å². The summed E-state index contributed by atoms with van der Waals surface area (Å²) in [6.07, 6.45) is 3.96. The van der Waals surface area contributed by atoms with Gasteiger partial charge in [-0.3, -0.25) is 0 Å². The van der Waals surface area contributed by atoms with Crippen LogP contribution in [0.3, 0.4) is 0 Å². The summed E-state index contributed by atoms with van der Waals surface area (Å²) in [5.74, 6) is 0. The molecule has 4 heteroatoms. The van der Waals surface area contributed by atoms with Gasteiger partial charge in [-0.1, -0.05) is 24.3 Å². The zero-order valence-corrected chi connectivity index (χ0v) is 12.8. The number of hydrogen-bond donors (Lipinski definition) is 1. The predicted molar refractivity (Wildman–Crippen MR) is 80.7 cm³/mol. The van der Waals surface area contributed by atoms with Gasteiger partial charge in [-0.25, -0.2) is 10.4 Å². The second-order valence-electron chi connectivity index (χ2n) is 6.82. The van der Waals surface area contributed by atoms with Crippen molar-refractivity contribution in [2.45, 2.75) is 57.1 Å². The highest BCUT2D eigenvalue weighted by molar-refractivity contribution is 5.37. The van der Waals surface area contributed by atoms with Crippen molar-refractivity contribution < 1.29 is 9.47 Å². The molecule has 3 atom stereocenters. The Morgan fingerprint density at radius 2 is 2.19 bits per heavy atom. The van der Waals surface area contributed by atoms with Crippen LogP contribution >= 0.6 is 0 Å². The third-order valence-corrected chi connectivity index (χ3v) is 4.96. The molecule has 0 bridgehead atoms. The standard InChI is InChI=1S/C17H24N2O2/c1-17(2)19(18-11-13-7-5-9-20-13)16-14-8-4-3-6-12(14)10-15(16)21-17/h3-4,6,8,13,15-16,18H,5,7,9-11H2,1-2H3/t13?,15-,16+/m1/s1. The van der Waals surface area contributed by atoms with Crippen LogP contribution in [0.1, 0.15) is 43.9 Å². The summed E-state index contributed by atoms with van der Waals surface area (Å²) in [4.78, 5) is 0. The highest BCUT2D eigenvalue weighted by Gasteiger charge is 2.51. The fraction of sp³-hybridized carbons (Fsp3) is 0.647. The molecule has 3 aliphatic rings. The van der Waals surface area contributed by atoms with Crippen molar-refractivity contribution in [3.05, 3.63) is 35.4 Å². The van der Waals surface area contributed by atoms with E-state index in [2.05, 4.69) is 48.5 Å². The quantitative estimate of drug-likeness (QED) is 0.926. The summed E-state index contributed by atoms with van der Waals surface area (Å²) in [5.41, 5.74) is 6.17. The van der Waals surface area contributed by atoms with Gasteiger partial charge in [-0.2, -0.15) is 0 Å². The predicted octanol–water partition coefficient (Wildman–Crippen LogP) is 2.40. The molecule has 2 aliphatic heterocycles. The van der Waals surface area contributed by atoms with Crippen molar-refractivity contribution in [3.63, 3.8) is 0 Å². The Morgan fingerprint density at radius 3 is 3.00 bits per heavy atom. The largest absolute Gasteiger partial charge is 0.377 e. The lowest BCUT2D eigenvalue weighted by Crippen LogP contribution is -2.51. The number of fused-ring (bicyclic) bond motifs is 3. The molecule has 0 aromatic heterocycles. The second-order valence-corrected chi connectivity index (χ2v) is 6.82. The van der Waals surface area contributed by atoms with E-state index in [9.17, 15) is 0 Å². The number of hydrazine groups is 1. The smallest absolute Gasteiger partial charge is 0.129 e. The zero-order valence-electron chi connectivity index (χ0n) is 12.8. The van der Waals surface area contributed by atoms with Gasteiger partial charge in [0, 0.05) is 19.6 Å². The molecule has 4 nitrogen and oxygen atoms in total. The molecule has 0 amide bonds. The molecular formula is C17H24N2O2. The Balaban J connectivity index is 1.55. The molecule has 1 aliphatic carbocycles. The number of ether oxygens (including phenoxy) is 2. The average Bonchev–Trinajstić information content (AvgIpc) is 3.11. The minimum atomic E-state index is -0.276. The van der Waals surface area contributed by atoms with Crippen LogP contribution in [0.5, 0.6) is 0 Å². The van der Waals surface area contributed by atoms with E-state index in [1.54, 1.807) is 0 Å². The molecular weight excluding hydrogens is 264 g/mol. The van der Waals surface area contributed by atoms with E-state index in [1.165, 1.54) is 17.5 Å². The second kappa shape index (κ2) is 5.06. The number of hydrogen-bond acceptors (Lipinski definition) is 4. The van der Waals surface area contributed by atoms with Crippen molar-refractivity contribution in [2.75, 3.05) is 13.2 Å². The molecule has 2 saturated heterocycles. The van der Waals surface area contributed by atoms with E-state index in [-0.39, 0.29) is 11.8 Å². The summed E-state index contributed by atoms with van der Waals surface area (Å²) < 4.78 is 12.0. The fourth-order valence-electron chi connectivity index (χ4n) is 4.01. The molecule has 0 saturated carbocycles. The lowest BCUT2D eigenvalue weighted by atomic mass is 10.1. The van der Waals surface area contributed by atoms with Gasteiger partial charge in [0.15, 0.2) is 0 Å². The number of nitrogens with one attached hydrogen (secondary N) is 1. The zero-order chi connectivity index (χ0) is 14.4. The monoisotopic (exact) mass is 288 g/mol. The van der Waals surface area contributed by atoms with E-state index < -0.39 is 0 Å². The summed E-state index contributed by atoms with van der Waals surface area (Å²) in [6, 6.07) is 9.03. The molecule has 2 heterocycles. The Bertz CT molecular complexity index is 525. The van der Waals surface area contributed by atoms with Gasteiger partial charge in [-0.05, 0) is 37.8 Å². The topological polar surface area (TPSA) is 33.7 Å². The molecule has 0 radical (unpaired) electrons. The number of benzene rings is 1. The van der Waals surface area contributed by atoms with Crippen LogP contribution in [-0.2, 0) is 15.9 Å². The Kier molecular flexibility index (Phi) is 3.30. The minimum absolute atomic E-state index is 0.259. The summed E-state index contributed by atoms with van der Waals surface area (Å²) in [5, 5.41) is 2.31. The normalized spacial score (nSPS) is 34.1. The minimum Gasteiger partial charge on any atom is -0.377 e. The van der Waals surface area contributed by atoms with Crippen molar-refractivity contribution in [1.82, 2.24) is 10.4 Å². The summed E-state index contributed by atoms with van der Waals surface area (Å²) in [7, 11) is 0. The van der Waals surface area contributed by atoms with Crippen LogP contribution in [0.15, 0.2) is 24.3 Å². The molecule has 1 unspecified atom stereocenters. The van der Waals surface area contributed by atoms with Crippen LogP contribution in [0, 0.1) is 0 Å². The van der Waals surface area contributed by atoms with Gasteiger partial charge >= 0.3 is 0 Å². The van der Waals surface area contributed by atoms with Crippen molar-refractivity contribution in [3.8, 4) is 0 Å². The van der Waals surface area contributed by atoms with E-state index >= 15 is 0 Å². The van der Waals surface area contributed by atoms with Crippen molar-refractivity contribution in [1.29, 1.82) is 0 Å². The SMILES string of the molecule is CC1(C)O[C@@H]2Cc3ccccc3[C@@H]2N1NCC1CCCO1. The van der Waals surface area contributed by atoms with Crippen LogP contribution in [0.25, 0.3) is 0 Å². The molecule has 1 N–H and O–H groups in total. The summed E-state index contributed by atoms with van der Waals surface area (Å²) >= 11 is 0. The first kappa shape index (κ1) is 13.7. The molecule has 1 aromatic carbocycles. The van der Waals surface area contributed by atoms with E-state index in [4.69, 9.17) is 9.47 Å². The maximum atomic E-state index is 6.31. The maximum Gasteiger partial charge on any atom is 0.129 e. The number of nitrogens with zero attached hydrogens (tertiary/aromatic N) is 1. The first-order chi connectivity index (χ1) is 10.1. The van der Waals surface area contributed by atoms with Crippen LogP contribution < -0.4 is 5.43 Å². The molecule has 4 rings (SSSR count). The van der Waals surface area contributed by atoms with Gasteiger partial charge in [0.25, 0.3) is 0 Å². The van der Waals surface area contributed by atoms with E-state index in [0.29, 0.717) is 12.1 Å².